The molecule has 1 heterocycles. The molecule has 1 amide bonds. The second-order valence-electron chi connectivity index (χ2n) is 5.17. The normalized spacial score (nSPS) is 19.4. The Balaban J connectivity index is 2.91. The van der Waals surface area contributed by atoms with E-state index in [0.29, 0.717) is 0 Å². The smallest absolute Gasteiger partial charge is 0.415 e. The maximum atomic E-state index is 11.9. The molecule has 106 valence electrons. The number of ether oxygens (including phenoxy) is 2. The van der Waals surface area contributed by atoms with E-state index < -0.39 is 23.7 Å². The van der Waals surface area contributed by atoms with Gasteiger partial charge in [0, 0.05) is 6.20 Å². The Labute approximate surface area is 112 Å². The van der Waals surface area contributed by atoms with Crippen LogP contribution in [0.25, 0.3) is 0 Å². The molecule has 0 aromatic rings. The Morgan fingerprint density at radius 1 is 1.37 bits per heavy atom. The van der Waals surface area contributed by atoms with Crippen molar-refractivity contribution in [3.05, 3.63) is 23.6 Å². The number of aliphatic hydroxyl groups excluding tert-OH is 1. The lowest BCUT2D eigenvalue weighted by Gasteiger charge is -2.31. The van der Waals surface area contributed by atoms with Crippen LogP contribution in [0.3, 0.4) is 0 Å². The van der Waals surface area contributed by atoms with E-state index in [2.05, 4.69) is 4.74 Å². The number of esters is 1. The summed E-state index contributed by atoms with van der Waals surface area (Å²) in [5.74, 6) is -0.871. The highest BCUT2D eigenvalue weighted by Crippen LogP contribution is 2.23. The first-order valence-electron chi connectivity index (χ1n) is 5.88. The number of nitrogens with zero attached hydrogens (tertiary/aromatic N) is 1. The topological polar surface area (TPSA) is 76.1 Å². The largest absolute Gasteiger partial charge is 0.509 e. The molecule has 1 aliphatic heterocycles. The summed E-state index contributed by atoms with van der Waals surface area (Å²) in [5.41, 5.74) is -0.595. The zero-order chi connectivity index (χ0) is 14.8. The second kappa shape index (κ2) is 5.34. The van der Waals surface area contributed by atoms with Crippen molar-refractivity contribution in [3.63, 3.8) is 0 Å². The Morgan fingerprint density at radius 2 is 1.95 bits per heavy atom. The lowest BCUT2D eigenvalue weighted by atomic mass is 10.1. The summed E-state index contributed by atoms with van der Waals surface area (Å²) < 4.78 is 9.75. The molecule has 6 nitrogen and oxygen atoms in total. The molecule has 0 bridgehead atoms. The molecule has 0 fully saturated rings. The minimum atomic E-state index is -0.686. The van der Waals surface area contributed by atoms with E-state index in [1.54, 1.807) is 27.7 Å². The summed E-state index contributed by atoms with van der Waals surface area (Å²) in [4.78, 5) is 24.5. The molecular weight excluding hydrogens is 250 g/mol. The molecular formula is C13H19NO5. The van der Waals surface area contributed by atoms with Crippen molar-refractivity contribution in [1.29, 1.82) is 0 Å². The van der Waals surface area contributed by atoms with Crippen molar-refractivity contribution < 1.29 is 24.2 Å². The van der Waals surface area contributed by atoms with Gasteiger partial charge in [0.15, 0.2) is 0 Å². The molecule has 0 radical (unpaired) electrons. The van der Waals surface area contributed by atoms with Gasteiger partial charge in [-0.25, -0.2) is 9.59 Å². The highest BCUT2D eigenvalue weighted by atomic mass is 16.6. The third-order valence-corrected chi connectivity index (χ3v) is 2.50. The van der Waals surface area contributed by atoms with Gasteiger partial charge in [-0.1, -0.05) is 0 Å². The third kappa shape index (κ3) is 3.49. The number of hydrogen-bond acceptors (Lipinski definition) is 5. The standard InChI is InChI=1S/C13H19NO5/c1-8-10(15)9(11(16)18-5)6-7-14(8)12(17)19-13(2,3)4/h6-8,15H,1-5H3/t8-/m1/s1. The second-order valence-corrected chi connectivity index (χ2v) is 5.17. The van der Waals surface area contributed by atoms with Gasteiger partial charge in [-0.2, -0.15) is 0 Å². The summed E-state index contributed by atoms with van der Waals surface area (Å²) in [7, 11) is 1.22. The number of aliphatic hydroxyl groups is 1. The highest BCUT2D eigenvalue weighted by Gasteiger charge is 2.32. The average molecular weight is 269 g/mol. The zero-order valence-corrected chi connectivity index (χ0v) is 11.8. The number of carbonyl (C=O) groups is 2. The van der Waals surface area contributed by atoms with Gasteiger partial charge in [0.2, 0.25) is 0 Å². The van der Waals surface area contributed by atoms with Crippen molar-refractivity contribution in [3.8, 4) is 0 Å². The van der Waals surface area contributed by atoms with Crippen LogP contribution in [0.2, 0.25) is 0 Å². The van der Waals surface area contributed by atoms with Crippen molar-refractivity contribution in [2.24, 2.45) is 0 Å². The molecule has 0 aromatic heterocycles. The van der Waals surface area contributed by atoms with Gasteiger partial charge in [-0.15, -0.1) is 0 Å². The number of rotatable bonds is 1. The van der Waals surface area contributed by atoms with E-state index in [1.807, 2.05) is 0 Å². The van der Waals surface area contributed by atoms with E-state index >= 15 is 0 Å². The molecule has 1 atom stereocenters. The minimum absolute atomic E-state index is 0.0369. The average Bonchev–Trinajstić information content (AvgIpc) is 2.29. The van der Waals surface area contributed by atoms with Crippen LogP contribution in [0, 0.1) is 0 Å². The Bertz CT molecular complexity index is 444. The lowest BCUT2D eigenvalue weighted by Crippen LogP contribution is -2.41. The predicted octanol–water partition coefficient (Wildman–Crippen LogP) is 2.12. The van der Waals surface area contributed by atoms with Crippen LogP contribution in [0.5, 0.6) is 0 Å². The van der Waals surface area contributed by atoms with Gasteiger partial charge < -0.3 is 14.6 Å². The monoisotopic (exact) mass is 269 g/mol. The summed E-state index contributed by atoms with van der Waals surface area (Å²) in [5, 5.41) is 9.93. The molecule has 6 heteroatoms. The van der Waals surface area contributed by atoms with Gasteiger partial charge >= 0.3 is 12.1 Å². The molecule has 19 heavy (non-hydrogen) atoms. The molecule has 0 unspecified atom stereocenters. The summed E-state index contributed by atoms with van der Waals surface area (Å²) in [6, 6.07) is -0.686. The fourth-order valence-electron chi connectivity index (χ4n) is 1.54. The zero-order valence-electron chi connectivity index (χ0n) is 11.8. The molecule has 1 N–H and O–H groups in total. The maximum absolute atomic E-state index is 11.9. The van der Waals surface area contributed by atoms with Gasteiger partial charge in [0.1, 0.15) is 16.9 Å². The first-order valence-corrected chi connectivity index (χ1v) is 5.88. The minimum Gasteiger partial charge on any atom is -0.509 e. The van der Waals surface area contributed by atoms with E-state index in [0.717, 1.165) is 0 Å². The van der Waals surface area contributed by atoms with E-state index in [4.69, 9.17) is 4.74 Å². The maximum Gasteiger partial charge on any atom is 0.415 e. The van der Waals surface area contributed by atoms with Crippen LogP contribution >= 0.6 is 0 Å². The molecule has 1 rings (SSSR count). The Kier molecular flexibility index (Phi) is 4.24. The Hall–Kier alpha value is -1.98. The van der Waals surface area contributed by atoms with Crippen LogP contribution in [0.4, 0.5) is 4.79 Å². The molecule has 0 saturated carbocycles. The summed E-state index contributed by atoms with van der Waals surface area (Å²) >= 11 is 0. The lowest BCUT2D eigenvalue weighted by molar-refractivity contribution is -0.136. The fraction of sp³-hybridized carbons (Fsp3) is 0.538. The summed E-state index contributed by atoms with van der Waals surface area (Å²) in [6.45, 7) is 6.84. The van der Waals surface area contributed by atoms with Gasteiger partial charge in [-0.3, -0.25) is 4.90 Å². The van der Waals surface area contributed by atoms with Crippen LogP contribution in [-0.2, 0) is 14.3 Å². The summed E-state index contributed by atoms with van der Waals surface area (Å²) in [6.07, 6.45) is 2.13. The van der Waals surface area contributed by atoms with E-state index in [1.165, 1.54) is 24.3 Å². The molecule has 0 spiro atoms. The van der Waals surface area contributed by atoms with E-state index in [-0.39, 0.29) is 11.3 Å². The van der Waals surface area contributed by atoms with Crippen LogP contribution in [0.15, 0.2) is 23.6 Å². The number of carbonyl (C=O) groups excluding carboxylic acids is 2. The van der Waals surface area contributed by atoms with Crippen molar-refractivity contribution in [2.75, 3.05) is 7.11 Å². The van der Waals surface area contributed by atoms with Crippen LogP contribution in [-0.4, -0.2) is 40.8 Å². The Morgan fingerprint density at radius 3 is 2.42 bits per heavy atom. The van der Waals surface area contributed by atoms with Crippen LogP contribution < -0.4 is 0 Å². The van der Waals surface area contributed by atoms with E-state index in [9.17, 15) is 14.7 Å². The SMILES string of the molecule is COC(=O)C1=C(O)[C@@H](C)N(C(=O)OC(C)(C)C)C=C1. The van der Waals surface area contributed by atoms with Crippen molar-refractivity contribution in [1.82, 2.24) is 4.90 Å². The molecule has 0 saturated heterocycles. The number of hydrogen-bond donors (Lipinski definition) is 1. The third-order valence-electron chi connectivity index (χ3n) is 2.50. The van der Waals surface area contributed by atoms with Gasteiger partial charge in [0.05, 0.1) is 13.2 Å². The highest BCUT2D eigenvalue weighted by molar-refractivity contribution is 5.93. The molecule has 1 aliphatic rings. The predicted molar refractivity (Wildman–Crippen MR) is 68.3 cm³/mol. The van der Waals surface area contributed by atoms with Gasteiger partial charge in [-0.05, 0) is 33.8 Å². The molecule has 0 aliphatic carbocycles. The number of methoxy groups -OCH3 is 1. The fourth-order valence-corrected chi connectivity index (χ4v) is 1.54. The van der Waals surface area contributed by atoms with Gasteiger partial charge in [0.25, 0.3) is 0 Å². The quantitative estimate of drug-likeness (QED) is 0.738. The van der Waals surface area contributed by atoms with Crippen molar-refractivity contribution >= 4 is 12.1 Å². The molecule has 0 aromatic carbocycles. The van der Waals surface area contributed by atoms with Crippen LogP contribution in [0.1, 0.15) is 27.7 Å². The first kappa shape index (κ1) is 15.1. The number of amides is 1. The van der Waals surface area contributed by atoms with Crippen molar-refractivity contribution in [2.45, 2.75) is 39.3 Å². The first-order chi connectivity index (χ1) is 8.67.